The van der Waals surface area contributed by atoms with Gasteiger partial charge in [-0.3, -0.25) is 4.98 Å². The molecule has 0 atom stereocenters. The van der Waals surface area contributed by atoms with E-state index < -0.39 is 0 Å². The number of hydrogen-bond donors (Lipinski definition) is 2. The Morgan fingerprint density at radius 3 is 2.39 bits per heavy atom. The number of aryl methyl sites for hydroxylation is 3. The van der Waals surface area contributed by atoms with E-state index in [1.54, 1.807) is 11.3 Å². The molecule has 0 bridgehead atoms. The van der Waals surface area contributed by atoms with Gasteiger partial charge < -0.3 is 10.4 Å². The fourth-order valence-corrected chi connectivity index (χ4v) is 4.87. The SMILES string of the molecule is CC.CCC(CC)/C(=C/C(C)=N)c1nc(-c2sc(-c3cccc(C)n3)cc2C)c(C)[nH]1. The first-order valence-electron chi connectivity index (χ1n) is 11.2. The van der Waals surface area contributed by atoms with Crippen molar-refractivity contribution in [3.05, 3.63) is 53.1 Å². The minimum Gasteiger partial charge on any atom is -0.342 e. The Morgan fingerprint density at radius 1 is 1.13 bits per heavy atom. The second-order valence-corrected chi connectivity index (χ2v) is 8.69. The summed E-state index contributed by atoms with van der Waals surface area (Å²) in [6, 6.07) is 8.34. The molecule has 0 amide bonds. The fraction of sp³-hybridized carbons (Fsp3) is 0.423. The lowest BCUT2D eigenvalue weighted by molar-refractivity contribution is 0.620. The number of nitrogens with one attached hydrogen (secondary N) is 2. The van der Waals surface area contributed by atoms with Crippen molar-refractivity contribution >= 4 is 22.6 Å². The normalized spacial score (nSPS) is 11.5. The average Bonchev–Trinajstić information content (AvgIpc) is 3.31. The van der Waals surface area contributed by atoms with Crippen LogP contribution in [-0.4, -0.2) is 20.7 Å². The van der Waals surface area contributed by atoms with Gasteiger partial charge in [0.1, 0.15) is 11.5 Å². The molecule has 5 heteroatoms. The molecular formula is C26H36N4S. The molecule has 0 aliphatic carbocycles. The molecule has 0 saturated heterocycles. The summed E-state index contributed by atoms with van der Waals surface area (Å²) >= 11 is 1.74. The Kier molecular flexibility index (Phi) is 8.93. The van der Waals surface area contributed by atoms with E-state index in [1.165, 1.54) is 10.4 Å². The van der Waals surface area contributed by atoms with Gasteiger partial charge in [-0.25, -0.2) is 4.98 Å². The molecule has 0 fully saturated rings. The molecule has 0 saturated carbocycles. The van der Waals surface area contributed by atoms with Gasteiger partial charge in [-0.1, -0.05) is 33.8 Å². The van der Waals surface area contributed by atoms with E-state index in [2.05, 4.69) is 55.9 Å². The maximum absolute atomic E-state index is 7.97. The van der Waals surface area contributed by atoms with Crippen LogP contribution < -0.4 is 0 Å². The van der Waals surface area contributed by atoms with E-state index in [0.717, 1.165) is 51.9 Å². The van der Waals surface area contributed by atoms with Gasteiger partial charge in [0.2, 0.25) is 0 Å². The van der Waals surface area contributed by atoms with Gasteiger partial charge in [0.25, 0.3) is 0 Å². The third-order valence-corrected chi connectivity index (χ3v) is 6.50. The highest BCUT2D eigenvalue weighted by molar-refractivity contribution is 7.19. The van der Waals surface area contributed by atoms with Crippen LogP contribution in [-0.2, 0) is 0 Å². The van der Waals surface area contributed by atoms with Crippen LogP contribution in [0.2, 0.25) is 0 Å². The highest BCUT2D eigenvalue weighted by Gasteiger charge is 2.20. The highest BCUT2D eigenvalue weighted by atomic mass is 32.1. The first-order chi connectivity index (χ1) is 14.8. The monoisotopic (exact) mass is 436 g/mol. The number of aromatic amines is 1. The van der Waals surface area contributed by atoms with Gasteiger partial charge in [0.15, 0.2) is 0 Å². The Bertz CT molecular complexity index is 1050. The van der Waals surface area contributed by atoms with Crippen LogP contribution in [0.5, 0.6) is 0 Å². The Morgan fingerprint density at radius 2 is 1.81 bits per heavy atom. The molecule has 0 aliphatic rings. The molecule has 31 heavy (non-hydrogen) atoms. The standard InChI is InChI=1S/C24H30N4S.C2H6/c1-7-18(8-2)19(13-15(4)25)24-27-17(6)22(28-24)23-14(3)12-21(29-23)20-11-9-10-16(5)26-20;1-2/h9-13,18,25H,7-8H2,1-6H3,(H,27,28);1-2H3/b19-13-,25-15?;. The van der Waals surface area contributed by atoms with E-state index in [1.807, 2.05) is 39.8 Å². The minimum atomic E-state index is 0.394. The van der Waals surface area contributed by atoms with Crippen molar-refractivity contribution in [3.8, 4) is 21.1 Å². The number of allylic oxidation sites excluding steroid dienone is 2. The number of rotatable bonds is 7. The van der Waals surface area contributed by atoms with Gasteiger partial charge in [-0.05, 0) is 81.9 Å². The third-order valence-electron chi connectivity index (χ3n) is 5.23. The van der Waals surface area contributed by atoms with Crippen molar-refractivity contribution in [1.82, 2.24) is 15.0 Å². The predicted molar refractivity (Wildman–Crippen MR) is 136 cm³/mol. The maximum Gasteiger partial charge on any atom is 0.134 e. The molecule has 0 aliphatic heterocycles. The summed E-state index contributed by atoms with van der Waals surface area (Å²) in [5, 5.41) is 7.97. The van der Waals surface area contributed by atoms with Crippen LogP contribution in [0.15, 0.2) is 30.3 Å². The molecule has 3 rings (SSSR count). The fourth-order valence-electron chi connectivity index (χ4n) is 3.68. The lowest BCUT2D eigenvalue weighted by Gasteiger charge is -2.15. The number of thiophene rings is 1. The van der Waals surface area contributed by atoms with E-state index in [4.69, 9.17) is 10.4 Å². The molecule has 0 radical (unpaired) electrons. The Hall–Kier alpha value is -2.53. The van der Waals surface area contributed by atoms with Crippen molar-refractivity contribution in [2.75, 3.05) is 0 Å². The van der Waals surface area contributed by atoms with Gasteiger partial charge in [0, 0.05) is 17.1 Å². The minimum absolute atomic E-state index is 0.394. The highest BCUT2D eigenvalue weighted by Crippen LogP contribution is 2.39. The number of pyridine rings is 1. The molecule has 4 nitrogen and oxygen atoms in total. The van der Waals surface area contributed by atoms with Crippen molar-refractivity contribution in [2.45, 2.75) is 68.2 Å². The number of nitrogens with zero attached hydrogens (tertiary/aromatic N) is 2. The molecule has 0 spiro atoms. The van der Waals surface area contributed by atoms with Crippen LogP contribution >= 0.6 is 11.3 Å². The summed E-state index contributed by atoms with van der Waals surface area (Å²) in [5.74, 6) is 1.28. The largest absolute Gasteiger partial charge is 0.342 e. The van der Waals surface area contributed by atoms with E-state index in [0.29, 0.717) is 11.6 Å². The van der Waals surface area contributed by atoms with Crippen molar-refractivity contribution < 1.29 is 0 Å². The zero-order valence-corrected chi connectivity index (χ0v) is 21.0. The maximum atomic E-state index is 7.97. The molecule has 2 N–H and O–H groups in total. The zero-order valence-electron chi connectivity index (χ0n) is 20.2. The topological polar surface area (TPSA) is 65.4 Å². The lowest BCUT2D eigenvalue weighted by Crippen LogP contribution is -2.04. The summed E-state index contributed by atoms with van der Waals surface area (Å²) in [6.45, 7) is 16.5. The average molecular weight is 437 g/mol. The second-order valence-electron chi connectivity index (χ2n) is 7.64. The van der Waals surface area contributed by atoms with E-state index in [9.17, 15) is 0 Å². The summed E-state index contributed by atoms with van der Waals surface area (Å²) in [4.78, 5) is 15.5. The number of H-pyrrole nitrogens is 1. The third kappa shape index (κ3) is 5.79. The Balaban J connectivity index is 0.00000166. The van der Waals surface area contributed by atoms with Crippen LogP contribution in [0, 0.1) is 32.1 Å². The smallest absolute Gasteiger partial charge is 0.134 e. The van der Waals surface area contributed by atoms with Crippen molar-refractivity contribution in [3.63, 3.8) is 0 Å². The molecule has 3 aromatic heterocycles. The second kappa shape index (κ2) is 11.2. The quantitative estimate of drug-likeness (QED) is 0.368. The summed E-state index contributed by atoms with van der Waals surface area (Å²) in [5.41, 5.74) is 7.00. The summed E-state index contributed by atoms with van der Waals surface area (Å²) in [7, 11) is 0. The summed E-state index contributed by atoms with van der Waals surface area (Å²) in [6.07, 6.45) is 4.03. The number of aromatic nitrogens is 3. The van der Waals surface area contributed by atoms with E-state index >= 15 is 0 Å². The summed E-state index contributed by atoms with van der Waals surface area (Å²) < 4.78 is 0. The molecule has 3 heterocycles. The van der Waals surface area contributed by atoms with Crippen LogP contribution in [0.3, 0.4) is 0 Å². The van der Waals surface area contributed by atoms with Crippen molar-refractivity contribution in [1.29, 1.82) is 5.41 Å². The van der Waals surface area contributed by atoms with Crippen LogP contribution in [0.4, 0.5) is 0 Å². The van der Waals surface area contributed by atoms with Crippen molar-refractivity contribution in [2.24, 2.45) is 5.92 Å². The van der Waals surface area contributed by atoms with Gasteiger partial charge in [-0.15, -0.1) is 11.3 Å². The molecular weight excluding hydrogens is 400 g/mol. The molecule has 0 aromatic carbocycles. The lowest BCUT2D eigenvalue weighted by atomic mass is 9.92. The number of imidazole rings is 1. The first kappa shape index (κ1) is 24.7. The van der Waals surface area contributed by atoms with E-state index in [-0.39, 0.29) is 0 Å². The Labute approximate surface area is 191 Å². The van der Waals surface area contributed by atoms with Gasteiger partial charge >= 0.3 is 0 Å². The van der Waals surface area contributed by atoms with Crippen LogP contribution in [0.1, 0.15) is 70.2 Å². The van der Waals surface area contributed by atoms with Gasteiger partial charge in [-0.2, -0.15) is 0 Å². The molecule has 166 valence electrons. The molecule has 3 aromatic rings. The molecule has 0 unspecified atom stereocenters. The predicted octanol–water partition coefficient (Wildman–Crippen LogP) is 8.01. The number of hydrogen-bond acceptors (Lipinski definition) is 4. The zero-order chi connectivity index (χ0) is 23.1. The van der Waals surface area contributed by atoms with Gasteiger partial charge in [0.05, 0.1) is 15.4 Å². The first-order valence-corrected chi connectivity index (χ1v) is 12.0. The van der Waals surface area contributed by atoms with Crippen LogP contribution in [0.25, 0.3) is 26.7 Å².